The zero-order valence-electron chi connectivity index (χ0n) is 12.1. The zero-order valence-corrected chi connectivity index (χ0v) is 12.1. The maximum absolute atomic E-state index is 11.4. The Hall–Kier alpha value is -1.75. The summed E-state index contributed by atoms with van der Waals surface area (Å²) in [7, 11) is 3.10. The van der Waals surface area contributed by atoms with Crippen LogP contribution in [-0.4, -0.2) is 44.3 Å². The van der Waals surface area contributed by atoms with Crippen LogP contribution in [0.5, 0.6) is 5.75 Å². The lowest BCUT2D eigenvalue weighted by Crippen LogP contribution is -2.44. The summed E-state index contributed by atoms with van der Waals surface area (Å²) in [6.07, 6.45) is 1.69. The smallest absolute Gasteiger partial charge is 0.409 e. The van der Waals surface area contributed by atoms with E-state index in [4.69, 9.17) is 9.47 Å². The maximum atomic E-state index is 11.4. The van der Waals surface area contributed by atoms with E-state index >= 15 is 0 Å². The Morgan fingerprint density at radius 3 is 2.75 bits per heavy atom. The van der Waals surface area contributed by atoms with Gasteiger partial charge in [-0.15, -0.1) is 0 Å². The number of likely N-dealkylation sites (tertiary alicyclic amines) is 1. The molecule has 1 heterocycles. The fourth-order valence-electron chi connectivity index (χ4n) is 2.44. The van der Waals surface area contributed by atoms with E-state index in [9.17, 15) is 4.79 Å². The highest BCUT2D eigenvalue weighted by molar-refractivity contribution is 5.67. The lowest BCUT2D eigenvalue weighted by Gasteiger charge is -2.31. The molecule has 0 saturated carbocycles. The summed E-state index contributed by atoms with van der Waals surface area (Å²) in [6.45, 7) is 2.32. The van der Waals surface area contributed by atoms with Crippen LogP contribution in [0.1, 0.15) is 18.4 Å². The molecule has 1 fully saturated rings. The first-order valence-electron chi connectivity index (χ1n) is 6.92. The molecule has 0 radical (unpaired) electrons. The summed E-state index contributed by atoms with van der Waals surface area (Å²) in [5, 5.41) is 3.53. The van der Waals surface area contributed by atoms with Crippen molar-refractivity contribution in [1.82, 2.24) is 10.2 Å². The summed E-state index contributed by atoms with van der Waals surface area (Å²) in [5.74, 6) is 0.879. The maximum Gasteiger partial charge on any atom is 0.409 e. The van der Waals surface area contributed by atoms with E-state index in [-0.39, 0.29) is 6.09 Å². The molecule has 110 valence electrons. The number of nitrogens with one attached hydrogen (secondary N) is 1. The van der Waals surface area contributed by atoms with Crippen LogP contribution >= 0.6 is 0 Å². The molecule has 0 aromatic heterocycles. The van der Waals surface area contributed by atoms with Crippen LogP contribution in [0.4, 0.5) is 4.79 Å². The molecule has 20 heavy (non-hydrogen) atoms. The summed E-state index contributed by atoms with van der Waals surface area (Å²) in [4.78, 5) is 13.1. The number of methoxy groups -OCH3 is 2. The van der Waals surface area contributed by atoms with Crippen molar-refractivity contribution < 1.29 is 14.3 Å². The fraction of sp³-hybridized carbons (Fsp3) is 0.533. The van der Waals surface area contributed by atoms with E-state index in [1.165, 1.54) is 12.7 Å². The number of hydrogen-bond donors (Lipinski definition) is 1. The van der Waals surface area contributed by atoms with Crippen LogP contribution in [0.15, 0.2) is 24.3 Å². The second-order valence-corrected chi connectivity index (χ2v) is 4.96. The molecule has 1 N–H and O–H groups in total. The summed E-state index contributed by atoms with van der Waals surface area (Å²) < 4.78 is 9.95. The third-order valence-electron chi connectivity index (χ3n) is 3.66. The Bertz CT molecular complexity index is 442. The molecule has 0 aliphatic carbocycles. The van der Waals surface area contributed by atoms with Crippen molar-refractivity contribution in [2.45, 2.75) is 25.4 Å². The molecule has 5 heteroatoms. The number of carbonyl (C=O) groups is 1. The first kappa shape index (κ1) is 14.7. The van der Waals surface area contributed by atoms with E-state index in [1.54, 1.807) is 12.0 Å². The molecule has 1 aliphatic rings. The number of ether oxygens (including phenoxy) is 2. The van der Waals surface area contributed by atoms with Crippen molar-refractivity contribution in [3.63, 3.8) is 0 Å². The molecule has 0 spiro atoms. The zero-order chi connectivity index (χ0) is 14.4. The molecule has 1 amide bonds. The highest BCUT2D eigenvalue weighted by Crippen LogP contribution is 2.15. The van der Waals surface area contributed by atoms with Crippen LogP contribution in [0.25, 0.3) is 0 Å². The van der Waals surface area contributed by atoms with Crippen molar-refractivity contribution in [2.24, 2.45) is 0 Å². The first-order chi connectivity index (χ1) is 9.72. The molecular formula is C15H22N2O3. The van der Waals surface area contributed by atoms with Crippen LogP contribution in [-0.2, 0) is 11.3 Å². The van der Waals surface area contributed by atoms with Gasteiger partial charge >= 0.3 is 6.09 Å². The van der Waals surface area contributed by atoms with Gasteiger partial charge in [0.25, 0.3) is 0 Å². The molecule has 0 atom stereocenters. The minimum absolute atomic E-state index is 0.226. The predicted molar refractivity (Wildman–Crippen MR) is 76.8 cm³/mol. The normalized spacial score (nSPS) is 16.0. The van der Waals surface area contributed by atoms with Gasteiger partial charge in [-0.05, 0) is 30.5 Å². The van der Waals surface area contributed by atoms with Crippen molar-refractivity contribution >= 4 is 6.09 Å². The van der Waals surface area contributed by atoms with Crippen LogP contribution in [0.3, 0.4) is 0 Å². The lowest BCUT2D eigenvalue weighted by molar-refractivity contribution is 0.109. The molecule has 1 aromatic rings. The number of piperidine rings is 1. The molecule has 5 nitrogen and oxygen atoms in total. The fourth-order valence-corrected chi connectivity index (χ4v) is 2.44. The van der Waals surface area contributed by atoms with Gasteiger partial charge in [0, 0.05) is 25.7 Å². The molecule has 0 bridgehead atoms. The second kappa shape index (κ2) is 7.14. The summed E-state index contributed by atoms with van der Waals surface area (Å²) in [6, 6.07) is 8.51. The summed E-state index contributed by atoms with van der Waals surface area (Å²) in [5.41, 5.74) is 1.21. The standard InChI is InChI=1S/C15H22N2O3/c1-19-14-5-3-4-12(10-14)11-16-13-6-8-17(9-7-13)15(18)20-2/h3-5,10,13,16H,6-9,11H2,1-2H3. The van der Waals surface area contributed by atoms with Gasteiger partial charge in [0.1, 0.15) is 5.75 Å². The SMILES string of the molecule is COC(=O)N1CCC(NCc2cccc(OC)c2)CC1. The second-order valence-electron chi connectivity index (χ2n) is 4.96. The van der Waals surface area contributed by atoms with Gasteiger partial charge in [0.15, 0.2) is 0 Å². The molecule has 1 aromatic carbocycles. The first-order valence-corrected chi connectivity index (χ1v) is 6.92. The van der Waals surface area contributed by atoms with E-state index in [0.29, 0.717) is 6.04 Å². The monoisotopic (exact) mass is 278 g/mol. The Balaban J connectivity index is 1.77. The van der Waals surface area contributed by atoms with Crippen molar-refractivity contribution in [3.8, 4) is 5.75 Å². The van der Waals surface area contributed by atoms with E-state index in [2.05, 4.69) is 11.4 Å². The lowest BCUT2D eigenvalue weighted by atomic mass is 10.0. The van der Waals surface area contributed by atoms with Gasteiger partial charge < -0.3 is 19.7 Å². The minimum atomic E-state index is -0.226. The van der Waals surface area contributed by atoms with E-state index < -0.39 is 0 Å². The number of nitrogens with zero attached hydrogens (tertiary/aromatic N) is 1. The number of rotatable bonds is 4. The van der Waals surface area contributed by atoms with Gasteiger partial charge in [0.05, 0.1) is 14.2 Å². The Kier molecular flexibility index (Phi) is 5.24. The van der Waals surface area contributed by atoms with E-state index in [0.717, 1.165) is 38.2 Å². The predicted octanol–water partition coefficient (Wildman–Crippen LogP) is 2.02. The minimum Gasteiger partial charge on any atom is -0.497 e. The molecule has 2 rings (SSSR count). The highest BCUT2D eigenvalue weighted by atomic mass is 16.5. The van der Waals surface area contributed by atoms with Crippen LogP contribution in [0.2, 0.25) is 0 Å². The Morgan fingerprint density at radius 2 is 2.10 bits per heavy atom. The van der Waals surface area contributed by atoms with Crippen LogP contribution in [0, 0.1) is 0 Å². The van der Waals surface area contributed by atoms with Gasteiger partial charge in [-0.2, -0.15) is 0 Å². The molecule has 1 aliphatic heterocycles. The molecular weight excluding hydrogens is 256 g/mol. The number of benzene rings is 1. The Labute approximate surface area is 119 Å². The molecule has 0 unspecified atom stereocenters. The van der Waals surface area contributed by atoms with E-state index in [1.807, 2.05) is 18.2 Å². The largest absolute Gasteiger partial charge is 0.497 e. The van der Waals surface area contributed by atoms with Crippen molar-refractivity contribution in [3.05, 3.63) is 29.8 Å². The average molecular weight is 278 g/mol. The third kappa shape index (κ3) is 3.87. The van der Waals surface area contributed by atoms with Gasteiger partial charge in [0.2, 0.25) is 0 Å². The quantitative estimate of drug-likeness (QED) is 0.915. The summed E-state index contributed by atoms with van der Waals surface area (Å²) >= 11 is 0. The Morgan fingerprint density at radius 1 is 1.35 bits per heavy atom. The van der Waals surface area contributed by atoms with Crippen molar-refractivity contribution in [2.75, 3.05) is 27.3 Å². The highest BCUT2D eigenvalue weighted by Gasteiger charge is 2.22. The number of carbonyl (C=O) groups excluding carboxylic acids is 1. The topological polar surface area (TPSA) is 50.8 Å². The van der Waals surface area contributed by atoms with Crippen LogP contribution < -0.4 is 10.1 Å². The molecule has 1 saturated heterocycles. The third-order valence-corrected chi connectivity index (χ3v) is 3.66. The number of amides is 1. The number of hydrogen-bond acceptors (Lipinski definition) is 4. The van der Waals surface area contributed by atoms with Gasteiger partial charge in [-0.25, -0.2) is 4.79 Å². The average Bonchev–Trinajstić information content (AvgIpc) is 2.53. The van der Waals surface area contributed by atoms with Crippen molar-refractivity contribution in [1.29, 1.82) is 0 Å². The van der Waals surface area contributed by atoms with Gasteiger partial charge in [-0.3, -0.25) is 0 Å². The van der Waals surface area contributed by atoms with Gasteiger partial charge in [-0.1, -0.05) is 12.1 Å².